The zero-order chi connectivity index (χ0) is 9.31. The number of hydrogen-bond acceptors (Lipinski definition) is 1. The molecule has 0 aromatic rings. The van der Waals surface area contributed by atoms with Crippen LogP contribution in [0.5, 0.6) is 0 Å². The largest absolute Gasteiger partial charge is 0.314 e. The molecule has 2 saturated heterocycles. The van der Waals surface area contributed by atoms with Crippen LogP contribution in [0.3, 0.4) is 0 Å². The third-order valence-electron chi connectivity index (χ3n) is 4.07. The van der Waals surface area contributed by atoms with Crippen LogP contribution in [0.1, 0.15) is 39.0 Å². The maximum absolute atomic E-state index is 3.89. The number of allylic oxidation sites excluding steroid dienone is 1. The predicted molar refractivity (Wildman–Crippen MR) is 56.7 cm³/mol. The van der Waals surface area contributed by atoms with Crippen LogP contribution in [-0.4, -0.2) is 12.6 Å². The molecule has 0 aromatic carbocycles. The molecule has 1 heteroatoms. The van der Waals surface area contributed by atoms with Crippen molar-refractivity contribution in [1.29, 1.82) is 0 Å². The monoisotopic (exact) mass is 179 g/mol. The van der Waals surface area contributed by atoms with Crippen molar-refractivity contribution in [3.63, 3.8) is 0 Å². The molecule has 2 heterocycles. The molecular weight excluding hydrogens is 158 g/mol. The van der Waals surface area contributed by atoms with Crippen molar-refractivity contribution in [2.24, 2.45) is 11.3 Å². The summed E-state index contributed by atoms with van der Waals surface area (Å²) in [5, 5.41) is 3.66. The number of rotatable bonds is 2. The Morgan fingerprint density at radius 1 is 1.54 bits per heavy atom. The summed E-state index contributed by atoms with van der Waals surface area (Å²) in [6.45, 7) is 7.60. The maximum Gasteiger partial charge on any atom is 0.00725 e. The fourth-order valence-corrected chi connectivity index (χ4v) is 3.20. The van der Waals surface area contributed by atoms with Gasteiger partial charge >= 0.3 is 0 Å². The number of fused-ring (bicyclic) bond motifs is 4. The van der Waals surface area contributed by atoms with Crippen LogP contribution in [0.4, 0.5) is 0 Å². The maximum atomic E-state index is 3.89. The fraction of sp³-hybridized carbons (Fsp3) is 0.833. The Kier molecular flexibility index (Phi) is 2.46. The first kappa shape index (κ1) is 9.26. The summed E-state index contributed by atoms with van der Waals surface area (Å²) < 4.78 is 0. The van der Waals surface area contributed by atoms with E-state index in [1.54, 1.807) is 0 Å². The van der Waals surface area contributed by atoms with Gasteiger partial charge in [-0.1, -0.05) is 19.4 Å². The highest BCUT2D eigenvalue weighted by Gasteiger charge is 2.40. The Morgan fingerprint density at radius 2 is 2.38 bits per heavy atom. The Balaban J connectivity index is 2.15. The molecule has 2 unspecified atom stereocenters. The molecular formula is C12H21N. The van der Waals surface area contributed by atoms with E-state index < -0.39 is 0 Å². The molecule has 3 aliphatic rings. The van der Waals surface area contributed by atoms with E-state index in [1.165, 1.54) is 38.6 Å². The predicted octanol–water partition coefficient (Wildman–Crippen LogP) is 2.73. The summed E-state index contributed by atoms with van der Waals surface area (Å²) in [7, 11) is 0. The lowest BCUT2D eigenvalue weighted by Gasteiger charge is -2.42. The van der Waals surface area contributed by atoms with Crippen molar-refractivity contribution >= 4 is 0 Å². The van der Waals surface area contributed by atoms with Crippen molar-refractivity contribution < 1.29 is 0 Å². The average Bonchev–Trinajstić information content (AvgIpc) is 2.37. The molecule has 3 rings (SSSR count). The van der Waals surface area contributed by atoms with Gasteiger partial charge in [0.1, 0.15) is 0 Å². The smallest absolute Gasteiger partial charge is 0.00725 e. The van der Waals surface area contributed by atoms with E-state index in [9.17, 15) is 0 Å². The molecule has 0 spiro atoms. The highest BCUT2D eigenvalue weighted by atomic mass is 14.9. The van der Waals surface area contributed by atoms with Gasteiger partial charge in [-0.3, -0.25) is 0 Å². The van der Waals surface area contributed by atoms with E-state index in [4.69, 9.17) is 0 Å². The molecule has 1 aliphatic carbocycles. The number of piperidine rings is 1. The van der Waals surface area contributed by atoms with Gasteiger partial charge in [0.25, 0.3) is 0 Å². The Hall–Kier alpha value is -0.300. The molecule has 2 bridgehead atoms. The standard InChI is InChI=1S/C12H21N/c1-3-7-12(2)8-11-6-4-5-10(12)9-13-11/h3,10-11,13H,1,4-9H2,2H3/t10?,11?,12-/m0/s1. The first-order valence-electron chi connectivity index (χ1n) is 5.59. The van der Waals surface area contributed by atoms with Gasteiger partial charge in [-0.15, -0.1) is 6.58 Å². The molecule has 3 atom stereocenters. The summed E-state index contributed by atoms with van der Waals surface area (Å²) in [6.07, 6.45) is 8.92. The second-order valence-corrected chi connectivity index (χ2v) is 5.08. The van der Waals surface area contributed by atoms with Gasteiger partial charge in [-0.2, -0.15) is 0 Å². The van der Waals surface area contributed by atoms with Crippen LogP contribution >= 0.6 is 0 Å². The highest BCUT2D eigenvalue weighted by Crippen LogP contribution is 2.45. The zero-order valence-electron chi connectivity index (χ0n) is 8.68. The quantitative estimate of drug-likeness (QED) is 0.643. The van der Waals surface area contributed by atoms with Crippen molar-refractivity contribution in [3.8, 4) is 0 Å². The first-order chi connectivity index (χ1) is 6.24. The van der Waals surface area contributed by atoms with E-state index >= 15 is 0 Å². The minimum absolute atomic E-state index is 0.550. The van der Waals surface area contributed by atoms with Crippen LogP contribution in [0, 0.1) is 11.3 Å². The molecule has 1 nitrogen and oxygen atoms in total. The van der Waals surface area contributed by atoms with E-state index in [0.29, 0.717) is 5.41 Å². The van der Waals surface area contributed by atoms with Gasteiger partial charge in [0, 0.05) is 6.04 Å². The third kappa shape index (κ3) is 1.67. The van der Waals surface area contributed by atoms with Gasteiger partial charge in [0.05, 0.1) is 0 Å². The van der Waals surface area contributed by atoms with Crippen LogP contribution < -0.4 is 5.32 Å². The van der Waals surface area contributed by atoms with Crippen molar-refractivity contribution in [1.82, 2.24) is 5.32 Å². The lowest BCUT2D eigenvalue weighted by atomic mass is 9.68. The average molecular weight is 179 g/mol. The molecule has 3 fully saturated rings. The topological polar surface area (TPSA) is 12.0 Å². The van der Waals surface area contributed by atoms with E-state index in [1.807, 2.05) is 0 Å². The van der Waals surface area contributed by atoms with Crippen LogP contribution in [0.2, 0.25) is 0 Å². The third-order valence-corrected chi connectivity index (χ3v) is 4.07. The molecule has 1 saturated carbocycles. The summed E-state index contributed by atoms with van der Waals surface area (Å²) in [5.41, 5.74) is 0.550. The molecule has 0 aromatic heterocycles. The Labute approximate surface area is 81.6 Å². The van der Waals surface area contributed by atoms with Gasteiger partial charge < -0.3 is 5.32 Å². The van der Waals surface area contributed by atoms with Crippen LogP contribution in [0.25, 0.3) is 0 Å². The number of nitrogens with one attached hydrogen (secondary N) is 1. The summed E-state index contributed by atoms with van der Waals surface area (Å²) in [5.74, 6) is 0.893. The summed E-state index contributed by atoms with van der Waals surface area (Å²) in [4.78, 5) is 0. The first-order valence-corrected chi connectivity index (χ1v) is 5.59. The normalized spacial score (nSPS) is 44.4. The van der Waals surface area contributed by atoms with Crippen LogP contribution in [-0.2, 0) is 0 Å². The number of hydrogen-bond donors (Lipinski definition) is 1. The molecule has 0 radical (unpaired) electrons. The lowest BCUT2D eigenvalue weighted by molar-refractivity contribution is 0.118. The second-order valence-electron chi connectivity index (χ2n) is 5.08. The van der Waals surface area contributed by atoms with E-state index in [2.05, 4.69) is 24.9 Å². The van der Waals surface area contributed by atoms with Crippen molar-refractivity contribution in [2.75, 3.05) is 6.54 Å². The minimum Gasteiger partial charge on any atom is -0.314 e. The fourth-order valence-electron chi connectivity index (χ4n) is 3.20. The Bertz CT molecular complexity index is 195. The second kappa shape index (κ2) is 3.45. The molecule has 0 amide bonds. The summed E-state index contributed by atoms with van der Waals surface area (Å²) >= 11 is 0. The highest BCUT2D eigenvalue weighted by molar-refractivity contribution is 4.98. The van der Waals surface area contributed by atoms with Gasteiger partial charge in [-0.25, -0.2) is 0 Å². The van der Waals surface area contributed by atoms with E-state index in [-0.39, 0.29) is 0 Å². The SMILES string of the molecule is C=CC[C@@]1(C)CC2CCCC1CN2. The van der Waals surface area contributed by atoms with Crippen molar-refractivity contribution in [2.45, 2.75) is 45.1 Å². The van der Waals surface area contributed by atoms with Gasteiger partial charge in [0.2, 0.25) is 0 Å². The molecule has 2 aliphatic heterocycles. The molecule has 13 heavy (non-hydrogen) atoms. The zero-order valence-corrected chi connectivity index (χ0v) is 8.68. The molecule has 74 valence electrons. The molecule has 1 N–H and O–H groups in total. The summed E-state index contributed by atoms with van der Waals surface area (Å²) in [6, 6.07) is 0.795. The van der Waals surface area contributed by atoms with E-state index in [0.717, 1.165) is 12.0 Å². The van der Waals surface area contributed by atoms with Crippen LogP contribution in [0.15, 0.2) is 12.7 Å². The van der Waals surface area contributed by atoms with Gasteiger partial charge in [0.15, 0.2) is 0 Å². The Morgan fingerprint density at radius 3 is 3.15 bits per heavy atom. The minimum atomic E-state index is 0.550. The van der Waals surface area contributed by atoms with Gasteiger partial charge in [-0.05, 0) is 43.6 Å². The lowest BCUT2D eigenvalue weighted by Crippen LogP contribution is -2.46. The van der Waals surface area contributed by atoms with Crippen molar-refractivity contribution in [3.05, 3.63) is 12.7 Å².